The van der Waals surface area contributed by atoms with E-state index in [4.69, 9.17) is 5.73 Å². The van der Waals surface area contributed by atoms with Gasteiger partial charge in [0.15, 0.2) is 0 Å². The van der Waals surface area contributed by atoms with E-state index in [0.717, 1.165) is 31.1 Å². The van der Waals surface area contributed by atoms with Crippen LogP contribution in [0.25, 0.3) is 0 Å². The van der Waals surface area contributed by atoms with E-state index in [1.807, 2.05) is 6.07 Å². The summed E-state index contributed by atoms with van der Waals surface area (Å²) < 4.78 is 1.21. The van der Waals surface area contributed by atoms with Gasteiger partial charge in [-0.1, -0.05) is 36.2 Å². The number of benzene rings is 1. The van der Waals surface area contributed by atoms with Gasteiger partial charge in [0.2, 0.25) is 0 Å². The zero-order chi connectivity index (χ0) is 12.4. The van der Waals surface area contributed by atoms with Crippen molar-refractivity contribution in [2.75, 3.05) is 18.8 Å². The summed E-state index contributed by atoms with van der Waals surface area (Å²) in [7, 11) is 0. The van der Waals surface area contributed by atoms with Gasteiger partial charge in [-0.3, -0.25) is 4.90 Å². The number of halogens is 1. The average molecular weight is 297 g/mol. The normalized spacial score (nSPS) is 17.8. The molecule has 0 aliphatic carbocycles. The zero-order valence-electron chi connectivity index (χ0n) is 10.7. The molecule has 0 radical (unpaired) electrons. The van der Waals surface area contributed by atoms with E-state index in [-0.39, 0.29) is 0 Å². The molecule has 1 heterocycles. The molecule has 2 N–H and O–H groups in total. The number of rotatable bonds is 3. The first-order valence-corrected chi connectivity index (χ1v) is 7.19. The van der Waals surface area contributed by atoms with Gasteiger partial charge in [0, 0.05) is 29.8 Å². The van der Waals surface area contributed by atoms with Crippen LogP contribution in [-0.2, 0) is 13.0 Å². The van der Waals surface area contributed by atoms with E-state index in [2.05, 4.69) is 40.7 Å². The Morgan fingerprint density at radius 1 is 1.41 bits per heavy atom. The van der Waals surface area contributed by atoms with Crippen molar-refractivity contribution in [2.45, 2.75) is 33.2 Å². The lowest BCUT2D eigenvalue weighted by atomic mass is 9.97. The lowest BCUT2D eigenvalue weighted by Crippen LogP contribution is -2.34. The van der Waals surface area contributed by atoms with Gasteiger partial charge < -0.3 is 5.73 Å². The van der Waals surface area contributed by atoms with E-state index < -0.39 is 0 Å². The van der Waals surface area contributed by atoms with Crippen molar-refractivity contribution < 1.29 is 0 Å². The van der Waals surface area contributed by atoms with Crippen LogP contribution in [0, 0.1) is 5.92 Å². The summed E-state index contributed by atoms with van der Waals surface area (Å²) in [6.45, 7) is 7.92. The van der Waals surface area contributed by atoms with Gasteiger partial charge in [0.1, 0.15) is 0 Å². The molecule has 0 saturated carbocycles. The predicted molar refractivity (Wildman–Crippen MR) is 77.0 cm³/mol. The molecule has 1 atom stereocenters. The van der Waals surface area contributed by atoms with Crippen molar-refractivity contribution in [1.82, 2.24) is 4.90 Å². The molecule has 17 heavy (non-hydrogen) atoms. The molecule has 1 aliphatic rings. The van der Waals surface area contributed by atoms with Crippen molar-refractivity contribution >= 4 is 21.6 Å². The Bertz CT molecular complexity index is 403. The van der Waals surface area contributed by atoms with Crippen LogP contribution in [0.15, 0.2) is 16.6 Å². The van der Waals surface area contributed by atoms with E-state index in [9.17, 15) is 0 Å². The molecule has 0 aromatic heterocycles. The Balaban J connectivity index is 2.15. The van der Waals surface area contributed by atoms with Crippen molar-refractivity contribution in [3.63, 3.8) is 0 Å². The maximum atomic E-state index is 6.09. The minimum atomic E-state index is 0.768. The first-order valence-electron chi connectivity index (χ1n) is 6.40. The summed E-state index contributed by atoms with van der Waals surface area (Å²) in [5.74, 6) is 0.768. The molecule has 0 fully saturated rings. The standard InChI is InChI=1S/C14H21BrN2/c1-3-10(2)8-17-7-6-11-12(9-17)14(16)5-4-13(11)15/h4-5,10H,3,6-9,16H2,1-2H3. The summed E-state index contributed by atoms with van der Waals surface area (Å²) in [6, 6.07) is 4.08. The van der Waals surface area contributed by atoms with E-state index in [1.165, 1.54) is 28.6 Å². The highest BCUT2D eigenvalue weighted by Gasteiger charge is 2.20. The SMILES string of the molecule is CCC(C)CN1CCc2c(Br)ccc(N)c2C1. The largest absolute Gasteiger partial charge is 0.398 e. The number of fused-ring (bicyclic) bond motifs is 1. The number of anilines is 1. The maximum Gasteiger partial charge on any atom is 0.0363 e. The summed E-state index contributed by atoms with van der Waals surface area (Å²) in [5, 5.41) is 0. The third-order valence-corrected chi connectivity index (χ3v) is 4.48. The molecule has 1 aliphatic heterocycles. The van der Waals surface area contributed by atoms with Crippen LogP contribution in [0.3, 0.4) is 0 Å². The Labute approximate surface area is 112 Å². The van der Waals surface area contributed by atoms with E-state index in [0.29, 0.717) is 0 Å². The second kappa shape index (κ2) is 5.40. The Hall–Kier alpha value is -0.540. The highest BCUT2D eigenvalue weighted by Crippen LogP contribution is 2.30. The lowest BCUT2D eigenvalue weighted by molar-refractivity contribution is 0.218. The van der Waals surface area contributed by atoms with Gasteiger partial charge in [-0.2, -0.15) is 0 Å². The second-order valence-corrected chi connectivity index (χ2v) is 5.95. The zero-order valence-corrected chi connectivity index (χ0v) is 12.3. The second-order valence-electron chi connectivity index (χ2n) is 5.09. The van der Waals surface area contributed by atoms with Crippen LogP contribution in [0.5, 0.6) is 0 Å². The summed E-state index contributed by atoms with van der Waals surface area (Å²) in [6.07, 6.45) is 2.36. The molecule has 94 valence electrons. The van der Waals surface area contributed by atoms with Gasteiger partial charge in [-0.25, -0.2) is 0 Å². The highest BCUT2D eigenvalue weighted by molar-refractivity contribution is 9.10. The van der Waals surface area contributed by atoms with Gasteiger partial charge in [0.05, 0.1) is 0 Å². The Morgan fingerprint density at radius 3 is 2.88 bits per heavy atom. The van der Waals surface area contributed by atoms with Crippen LogP contribution in [-0.4, -0.2) is 18.0 Å². The molecular weight excluding hydrogens is 276 g/mol. The first-order chi connectivity index (χ1) is 8.11. The minimum absolute atomic E-state index is 0.768. The summed E-state index contributed by atoms with van der Waals surface area (Å²) in [5.41, 5.74) is 9.77. The third kappa shape index (κ3) is 2.83. The van der Waals surface area contributed by atoms with Gasteiger partial charge in [0.25, 0.3) is 0 Å². The van der Waals surface area contributed by atoms with Gasteiger partial charge >= 0.3 is 0 Å². The molecule has 0 bridgehead atoms. The van der Waals surface area contributed by atoms with Crippen LogP contribution in [0.1, 0.15) is 31.4 Å². The molecule has 2 rings (SSSR count). The first kappa shape index (κ1) is 12.9. The predicted octanol–water partition coefficient (Wildman–Crippen LogP) is 3.44. The monoisotopic (exact) mass is 296 g/mol. The minimum Gasteiger partial charge on any atom is -0.398 e. The van der Waals surface area contributed by atoms with Gasteiger partial charge in [-0.05, 0) is 35.6 Å². The number of nitrogen functional groups attached to an aromatic ring is 1. The fraction of sp³-hybridized carbons (Fsp3) is 0.571. The Morgan fingerprint density at radius 2 is 2.18 bits per heavy atom. The fourth-order valence-corrected chi connectivity index (χ4v) is 3.01. The molecule has 1 aromatic carbocycles. The van der Waals surface area contributed by atoms with E-state index in [1.54, 1.807) is 0 Å². The molecule has 2 nitrogen and oxygen atoms in total. The van der Waals surface area contributed by atoms with Crippen LogP contribution >= 0.6 is 15.9 Å². The molecule has 1 unspecified atom stereocenters. The maximum absolute atomic E-state index is 6.09. The number of nitrogens with zero attached hydrogens (tertiary/aromatic N) is 1. The van der Waals surface area contributed by atoms with Crippen LogP contribution in [0.4, 0.5) is 5.69 Å². The lowest BCUT2D eigenvalue weighted by Gasteiger charge is -2.32. The van der Waals surface area contributed by atoms with Crippen molar-refractivity contribution in [3.8, 4) is 0 Å². The fourth-order valence-electron chi connectivity index (χ4n) is 2.44. The highest BCUT2D eigenvalue weighted by atomic mass is 79.9. The third-order valence-electron chi connectivity index (χ3n) is 3.74. The Kier molecular flexibility index (Phi) is 4.10. The molecular formula is C14H21BrN2. The van der Waals surface area contributed by atoms with Crippen LogP contribution in [0.2, 0.25) is 0 Å². The van der Waals surface area contributed by atoms with E-state index >= 15 is 0 Å². The topological polar surface area (TPSA) is 29.3 Å². The number of hydrogen-bond donors (Lipinski definition) is 1. The molecule has 1 aromatic rings. The quantitative estimate of drug-likeness (QED) is 0.866. The van der Waals surface area contributed by atoms with Crippen LogP contribution < -0.4 is 5.73 Å². The molecule has 0 spiro atoms. The average Bonchev–Trinajstić information content (AvgIpc) is 2.34. The van der Waals surface area contributed by atoms with Crippen molar-refractivity contribution in [3.05, 3.63) is 27.7 Å². The summed E-state index contributed by atoms with van der Waals surface area (Å²) >= 11 is 3.63. The van der Waals surface area contributed by atoms with Crippen molar-refractivity contribution in [2.24, 2.45) is 5.92 Å². The van der Waals surface area contributed by atoms with Crippen molar-refractivity contribution in [1.29, 1.82) is 0 Å². The molecule has 0 amide bonds. The summed E-state index contributed by atoms with van der Waals surface area (Å²) in [4.78, 5) is 2.53. The van der Waals surface area contributed by atoms with Gasteiger partial charge in [-0.15, -0.1) is 0 Å². The number of hydrogen-bond acceptors (Lipinski definition) is 2. The molecule has 0 saturated heterocycles. The number of nitrogens with two attached hydrogens (primary N) is 1. The molecule has 3 heteroatoms. The smallest absolute Gasteiger partial charge is 0.0363 e.